The highest BCUT2D eigenvalue weighted by molar-refractivity contribution is 5.78. The molecule has 1 N–H and O–H groups in total. The summed E-state index contributed by atoms with van der Waals surface area (Å²) >= 11 is 0. The largest absolute Gasteiger partial charge is 0.381 e. The van der Waals surface area contributed by atoms with Crippen molar-refractivity contribution >= 4 is 5.91 Å². The molecule has 0 radical (unpaired) electrons. The molecule has 0 aromatic rings. The maximum atomic E-state index is 11.9. The van der Waals surface area contributed by atoms with Crippen molar-refractivity contribution in [3.05, 3.63) is 0 Å². The monoisotopic (exact) mass is 255 g/mol. The van der Waals surface area contributed by atoms with E-state index >= 15 is 0 Å². The molecule has 0 saturated carbocycles. The molecule has 0 aromatic carbocycles. The number of rotatable bonds is 4. The quantitative estimate of drug-likeness (QED) is 0.754. The first-order valence-corrected chi connectivity index (χ1v) is 6.99. The van der Waals surface area contributed by atoms with Crippen molar-refractivity contribution in [1.29, 1.82) is 0 Å². The topological polar surface area (TPSA) is 44.8 Å². The summed E-state index contributed by atoms with van der Waals surface area (Å²) in [5, 5.41) is 3.03. The predicted molar refractivity (Wildman–Crippen MR) is 70.5 cm³/mol. The number of carbonyl (C=O) groups is 1. The van der Waals surface area contributed by atoms with E-state index in [2.05, 4.69) is 22.2 Å². The summed E-state index contributed by atoms with van der Waals surface area (Å²) in [6.45, 7) is 7.18. The van der Waals surface area contributed by atoms with Crippen LogP contribution in [0.2, 0.25) is 0 Å². The van der Waals surface area contributed by atoms with Gasteiger partial charge < -0.3 is 15.0 Å². The van der Waals surface area contributed by atoms with Crippen LogP contribution in [-0.2, 0) is 9.53 Å². The lowest BCUT2D eigenvalue weighted by Crippen LogP contribution is -2.40. The van der Waals surface area contributed by atoms with E-state index in [-0.39, 0.29) is 5.91 Å². The zero-order valence-electron chi connectivity index (χ0n) is 11.4. The van der Waals surface area contributed by atoms with Crippen molar-refractivity contribution in [2.75, 3.05) is 59.5 Å². The standard InChI is InChI=1S/C13H25N3O2/c1-15-4-2-5-16(7-6-15)10-13(17)14-9-12-3-8-18-11-12/h12H,2-11H2,1H3,(H,14,17)/t12-/m1/s1. The van der Waals surface area contributed by atoms with Crippen LogP contribution in [0.25, 0.3) is 0 Å². The SMILES string of the molecule is CN1CCCN(CC(=O)NC[C@H]2CCOC2)CC1. The van der Waals surface area contributed by atoms with Crippen LogP contribution in [0.15, 0.2) is 0 Å². The van der Waals surface area contributed by atoms with E-state index in [1.165, 1.54) is 0 Å². The van der Waals surface area contributed by atoms with Crippen molar-refractivity contribution in [3.63, 3.8) is 0 Å². The maximum Gasteiger partial charge on any atom is 0.234 e. The Hall–Kier alpha value is -0.650. The molecule has 18 heavy (non-hydrogen) atoms. The molecule has 0 aliphatic carbocycles. The first-order valence-electron chi connectivity index (χ1n) is 6.99. The number of ether oxygens (including phenoxy) is 1. The van der Waals surface area contributed by atoms with E-state index in [1.807, 2.05) is 0 Å². The van der Waals surface area contributed by atoms with Crippen molar-refractivity contribution in [2.24, 2.45) is 5.92 Å². The van der Waals surface area contributed by atoms with Crippen LogP contribution >= 0.6 is 0 Å². The number of nitrogens with one attached hydrogen (secondary N) is 1. The van der Waals surface area contributed by atoms with Gasteiger partial charge in [-0.1, -0.05) is 0 Å². The minimum absolute atomic E-state index is 0.159. The minimum Gasteiger partial charge on any atom is -0.381 e. The van der Waals surface area contributed by atoms with Gasteiger partial charge >= 0.3 is 0 Å². The number of likely N-dealkylation sites (N-methyl/N-ethyl adjacent to an activating group) is 1. The van der Waals surface area contributed by atoms with Gasteiger partial charge in [0.25, 0.3) is 0 Å². The molecule has 5 heteroatoms. The normalized spacial score (nSPS) is 27.1. The van der Waals surface area contributed by atoms with Gasteiger partial charge in [-0.3, -0.25) is 9.69 Å². The van der Waals surface area contributed by atoms with Crippen LogP contribution in [0.4, 0.5) is 0 Å². The zero-order chi connectivity index (χ0) is 12.8. The van der Waals surface area contributed by atoms with Crippen LogP contribution in [0.5, 0.6) is 0 Å². The summed E-state index contributed by atoms with van der Waals surface area (Å²) in [6, 6.07) is 0. The second-order valence-electron chi connectivity index (χ2n) is 5.47. The Labute approximate surface area is 109 Å². The van der Waals surface area contributed by atoms with Crippen LogP contribution in [-0.4, -0.2) is 75.2 Å². The van der Waals surface area contributed by atoms with Crippen LogP contribution < -0.4 is 5.32 Å². The zero-order valence-corrected chi connectivity index (χ0v) is 11.4. The van der Waals surface area contributed by atoms with Gasteiger partial charge in [0, 0.05) is 32.2 Å². The lowest BCUT2D eigenvalue weighted by atomic mass is 10.1. The Morgan fingerprint density at radius 3 is 3.00 bits per heavy atom. The smallest absolute Gasteiger partial charge is 0.234 e. The maximum absolute atomic E-state index is 11.9. The molecule has 0 aromatic heterocycles. The molecule has 2 aliphatic heterocycles. The summed E-state index contributed by atoms with van der Waals surface area (Å²) in [5.74, 6) is 0.677. The van der Waals surface area contributed by atoms with Crippen molar-refractivity contribution < 1.29 is 9.53 Å². The van der Waals surface area contributed by atoms with Crippen molar-refractivity contribution in [2.45, 2.75) is 12.8 Å². The molecule has 5 nitrogen and oxygen atoms in total. The number of amides is 1. The van der Waals surface area contributed by atoms with E-state index in [9.17, 15) is 4.79 Å². The minimum atomic E-state index is 0.159. The second kappa shape index (κ2) is 7.07. The molecular weight excluding hydrogens is 230 g/mol. The Morgan fingerprint density at radius 2 is 2.22 bits per heavy atom. The average Bonchev–Trinajstić information content (AvgIpc) is 2.79. The lowest BCUT2D eigenvalue weighted by molar-refractivity contribution is -0.122. The van der Waals surface area contributed by atoms with E-state index in [4.69, 9.17) is 4.74 Å². The number of hydrogen-bond donors (Lipinski definition) is 1. The summed E-state index contributed by atoms with van der Waals surface area (Å²) in [7, 11) is 2.14. The molecule has 2 rings (SSSR count). The first-order chi connectivity index (χ1) is 8.74. The van der Waals surface area contributed by atoms with Gasteiger partial charge in [0.05, 0.1) is 13.2 Å². The summed E-state index contributed by atoms with van der Waals surface area (Å²) in [6.07, 6.45) is 2.23. The van der Waals surface area contributed by atoms with Gasteiger partial charge in [0.15, 0.2) is 0 Å². The fraction of sp³-hybridized carbons (Fsp3) is 0.923. The van der Waals surface area contributed by atoms with Gasteiger partial charge in [-0.05, 0) is 33.0 Å². The molecule has 1 atom stereocenters. The average molecular weight is 255 g/mol. The van der Waals surface area contributed by atoms with E-state index in [1.54, 1.807) is 0 Å². The summed E-state index contributed by atoms with van der Waals surface area (Å²) in [5.41, 5.74) is 0. The summed E-state index contributed by atoms with van der Waals surface area (Å²) in [4.78, 5) is 16.4. The number of hydrogen-bond acceptors (Lipinski definition) is 4. The van der Waals surface area contributed by atoms with Crippen LogP contribution in [0.3, 0.4) is 0 Å². The Morgan fingerprint density at radius 1 is 1.33 bits per heavy atom. The first kappa shape index (κ1) is 13.8. The Bertz CT molecular complexity index is 267. The van der Waals surface area contributed by atoms with Crippen LogP contribution in [0, 0.1) is 5.92 Å². The molecule has 104 valence electrons. The van der Waals surface area contributed by atoms with Gasteiger partial charge in [0.2, 0.25) is 5.91 Å². The van der Waals surface area contributed by atoms with E-state index in [0.29, 0.717) is 12.5 Å². The summed E-state index contributed by atoms with van der Waals surface area (Å²) < 4.78 is 5.30. The van der Waals surface area contributed by atoms with E-state index < -0.39 is 0 Å². The predicted octanol–water partition coefficient (Wildman–Crippen LogP) is -0.223. The molecule has 0 spiro atoms. The Balaban J connectivity index is 1.63. The van der Waals surface area contributed by atoms with Crippen molar-refractivity contribution in [1.82, 2.24) is 15.1 Å². The highest BCUT2D eigenvalue weighted by Gasteiger charge is 2.18. The van der Waals surface area contributed by atoms with Gasteiger partial charge in [0.1, 0.15) is 0 Å². The Kier molecular flexibility index (Phi) is 5.41. The molecule has 2 fully saturated rings. The molecule has 2 aliphatic rings. The highest BCUT2D eigenvalue weighted by atomic mass is 16.5. The highest BCUT2D eigenvalue weighted by Crippen LogP contribution is 2.10. The lowest BCUT2D eigenvalue weighted by Gasteiger charge is -2.20. The second-order valence-corrected chi connectivity index (χ2v) is 5.47. The van der Waals surface area contributed by atoms with Gasteiger partial charge in [-0.15, -0.1) is 0 Å². The number of carbonyl (C=O) groups excluding carboxylic acids is 1. The fourth-order valence-electron chi connectivity index (χ4n) is 2.52. The third kappa shape index (κ3) is 4.55. The molecule has 0 bridgehead atoms. The molecule has 2 saturated heterocycles. The van der Waals surface area contributed by atoms with Gasteiger partial charge in [-0.25, -0.2) is 0 Å². The third-order valence-corrected chi connectivity index (χ3v) is 3.79. The van der Waals surface area contributed by atoms with Crippen molar-refractivity contribution in [3.8, 4) is 0 Å². The molecule has 1 amide bonds. The van der Waals surface area contributed by atoms with Gasteiger partial charge in [-0.2, -0.15) is 0 Å². The van der Waals surface area contributed by atoms with Crippen LogP contribution in [0.1, 0.15) is 12.8 Å². The molecular formula is C13H25N3O2. The van der Waals surface area contributed by atoms with E-state index in [0.717, 1.165) is 58.8 Å². The fourth-order valence-corrected chi connectivity index (χ4v) is 2.52. The number of nitrogens with zero attached hydrogens (tertiary/aromatic N) is 2. The molecule has 2 heterocycles. The third-order valence-electron chi connectivity index (χ3n) is 3.79. The molecule has 0 unspecified atom stereocenters.